The fourth-order valence-electron chi connectivity index (χ4n) is 2.01. The van der Waals surface area contributed by atoms with Crippen LogP contribution in [0.5, 0.6) is 0 Å². The molecule has 0 radical (unpaired) electrons. The fraction of sp³-hybridized carbons (Fsp3) is 0.273. The molecule has 0 spiro atoms. The zero-order valence-electron chi connectivity index (χ0n) is 7.64. The van der Waals surface area contributed by atoms with Gasteiger partial charge in [0.05, 0.1) is 0 Å². The molecule has 1 aliphatic rings. The van der Waals surface area contributed by atoms with E-state index in [0.29, 0.717) is 0 Å². The number of hydrogen-bond acceptors (Lipinski definition) is 1. The lowest BCUT2D eigenvalue weighted by Gasteiger charge is -2.09. The van der Waals surface area contributed by atoms with Gasteiger partial charge in [0.25, 0.3) is 0 Å². The lowest BCUT2D eigenvalue weighted by Crippen LogP contribution is -1.99. The molecule has 0 aliphatic carbocycles. The SMILES string of the molecule is Clc1ccc2c3c([nH]c2c1)CCSC3. The molecule has 0 saturated heterocycles. The molecule has 0 saturated carbocycles. The third-order valence-electron chi connectivity index (χ3n) is 2.70. The van der Waals surface area contributed by atoms with Crippen molar-refractivity contribution in [3.05, 3.63) is 34.5 Å². The van der Waals surface area contributed by atoms with E-state index >= 15 is 0 Å². The minimum atomic E-state index is 0.809. The minimum Gasteiger partial charge on any atom is -0.358 e. The maximum Gasteiger partial charge on any atom is 0.0474 e. The molecular formula is C11H10ClNS. The zero-order chi connectivity index (χ0) is 9.54. The highest BCUT2D eigenvalue weighted by Gasteiger charge is 2.15. The molecule has 0 fully saturated rings. The molecule has 2 aromatic rings. The van der Waals surface area contributed by atoms with Gasteiger partial charge in [-0.25, -0.2) is 0 Å². The van der Waals surface area contributed by atoms with Gasteiger partial charge in [0.2, 0.25) is 0 Å². The number of thioether (sulfide) groups is 1. The van der Waals surface area contributed by atoms with Crippen molar-refractivity contribution in [3.8, 4) is 0 Å². The van der Waals surface area contributed by atoms with E-state index < -0.39 is 0 Å². The van der Waals surface area contributed by atoms with Gasteiger partial charge >= 0.3 is 0 Å². The fourth-order valence-corrected chi connectivity index (χ4v) is 3.21. The van der Waals surface area contributed by atoms with Crippen LogP contribution in [0.15, 0.2) is 18.2 Å². The summed E-state index contributed by atoms with van der Waals surface area (Å²) >= 11 is 7.97. The Morgan fingerprint density at radius 3 is 3.21 bits per heavy atom. The van der Waals surface area contributed by atoms with Crippen LogP contribution in [-0.4, -0.2) is 10.7 Å². The van der Waals surface area contributed by atoms with Gasteiger partial charge < -0.3 is 4.98 Å². The first kappa shape index (κ1) is 8.69. The predicted octanol–water partition coefficient (Wildman–Crippen LogP) is 3.61. The molecule has 14 heavy (non-hydrogen) atoms. The number of hydrogen-bond donors (Lipinski definition) is 1. The van der Waals surface area contributed by atoms with Crippen molar-refractivity contribution >= 4 is 34.3 Å². The Morgan fingerprint density at radius 2 is 2.29 bits per heavy atom. The molecule has 0 unspecified atom stereocenters. The molecule has 1 nitrogen and oxygen atoms in total. The summed E-state index contributed by atoms with van der Waals surface area (Å²) in [6, 6.07) is 6.11. The number of aryl methyl sites for hydroxylation is 1. The Labute approximate surface area is 91.8 Å². The largest absolute Gasteiger partial charge is 0.358 e. The summed E-state index contributed by atoms with van der Waals surface area (Å²) in [6.07, 6.45) is 1.16. The normalized spacial score (nSPS) is 15.8. The molecule has 72 valence electrons. The van der Waals surface area contributed by atoms with Crippen molar-refractivity contribution in [2.24, 2.45) is 0 Å². The second kappa shape index (κ2) is 3.21. The number of aromatic nitrogens is 1. The van der Waals surface area contributed by atoms with Crippen molar-refractivity contribution in [1.29, 1.82) is 0 Å². The number of H-pyrrole nitrogens is 1. The highest BCUT2D eigenvalue weighted by molar-refractivity contribution is 7.98. The third-order valence-corrected chi connectivity index (χ3v) is 3.92. The van der Waals surface area contributed by atoms with E-state index in [1.165, 1.54) is 27.9 Å². The van der Waals surface area contributed by atoms with Crippen LogP contribution in [-0.2, 0) is 12.2 Å². The molecule has 0 atom stereocenters. The molecule has 3 rings (SSSR count). The second-order valence-corrected chi connectivity index (χ2v) is 5.12. The summed E-state index contributed by atoms with van der Waals surface area (Å²) in [4.78, 5) is 3.46. The first-order chi connectivity index (χ1) is 6.84. The average molecular weight is 224 g/mol. The summed E-state index contributed by atoms with van der Waals surface area (Å²) in [7, 11) is 0. The number of fused-ring (bicyclic) bond motifs is 3. The summed E-state index contributed by atoms with van der Waals surface area (Å²) in [5.41, 5.74) is 4.07. The van der Waals surface area contributed by atoms with E-state index in [4.69, 9.17) is 11.6 Å². The molecule has 2 heterocycles. The molecule has 0 bridgehead atoms. The van der Waals surface area contributed by atoms with E-state index in [1.54, 1.807) is 0 Å². The highest BCUT2D eigenvalue weighted by Crippen LogP contribution is 2.32. The number of rotatable bonds is 0. The van der Waals surface area contributed by atoms with Gasteiger partial charge in [0.1, 0.15) is 0 Å². The van der Waals surface area contributed by atoms with Crippen LogP contribution in [0.2, 0.25) is 5.02 Å². The first-order valence-corrected chi connectivity index (χ1v) is 6.24. The third kappa shape index (κ3) is 1.25. The lowest BCUT2D eigenvalue weighted by molar-refractivity contribution is 1.04. The second-order valence-electron chi connectivity index (χ2n) is 3.57. The van der Waals surface area contributed by atoms with Gasteiger partial charge in [0, 0.05) is 27.4 Å². The molecular weight excluding hydrogens is 214 g/mol. The number of benzene rings is 1. The Morgan fingerprint density at radius 1 is 1.36 bits per heavy atom. The van der Waals surface area contributed by atoms with Crippen molar-refractivity contribution < 1.29 is 0 Å². The van der Waals surface area contributed by atoms with Crippen LogP contribution >= 0.6 is 23.4 Å². The van der Waals surface area contributed by atoms with Gasteiger partial charge in [-0.15, -0.1) is 0 Å². The average Bonchev–Trinajstić information content (AvgIpc) is 2.54. The van der Waals surface area contributed by atoms with Gasteiger partial charge in [-0.2, -0.15) is 11.8 Å². The summed E-state index contributed by atoms with van der Waals surface area (Å²) < 4.78 is 0. The van der Waals surface area contributed by atoms with Crippen LogP contribution in [0.4, 0.5) is 0 Å². The van der Waals surface area contributed by atoms with Crippen LogP contribution in [0, 0.1) is 0 Å². The lowest BCUT2D eigenvalue weighted by atomic mass is 10.1. The van der Waals surface area contributed by atoms with Crippen molar-refractivity contribution in [2.45, 2.75) is 12.2 Å². The molecule has 1 aromatic heterocycles. The Kier molecular flexibility index (Phi) is 1.99. The highest BCUT2D eigenvalue weighted by atomic mass is 35.5. The van der Waals surface area contributed by atoms with Crippen LogP contribution in [0.3, 0.4) is 0 Å². The van der Waals surface area contributed by atoms with Gasteiger partial charge in [-0.3, -0.25) is 0 Å². The van der Waals surface area contributed by atoms with Gasteiger partial charge in [-0.05, 0) is 29.9 Å². The Hall–Kier alpha value is -0.600. The van der Waals surface area contributed by atoms with Crippen molar-refractivity contribution in [1.82, 2.24) is 4.98 Å². The topological polar surface area (TPSA) is 15.8 Å². The monoisotopic (exact) mass is 223 g/mol. The van der Waals surface area contributed by atoms with Crippen LogP contribution in [0.1, 0.15) is 11.3 Å². The Balaban J connectivity index is 2.31. The smallest absolute Gasteiger partial charge is 0.0474 e. The minimum absolute atomic E-state index is 0.809. The van der Waals surface area contributed by atoms with Gasteiger partial charge in [-0.1, -0.05) is 17.7 Å². The molecule has 1 aromatic carbocycles. The summed E-state index contributed by atoms with van der Waals surface area (Å²) in [6.45, 7) is 0. The number of halogens is 1. The van der Waals surface area contributed by atoms with Crippen molar-refractivity contribution in [3.63, 3.8) is 0 Å². The summed E-state index contributed by atoms with van der Waals surface area (Å²) in [5, 5.41) is 2.15. The quantitative estimate of drug-likeness (QED) is 0.722. The zero-order valence-corrected chi connectivity index (χ0v) is 9.21. The van der Waals surface area contributed by atoms with Crippen molar-refractivity contribution in [2.75, 3.05) is 5.75 Å². The molecule has 0 amide bonds. The number of nitrogens with one attached hydrogen (secondary N) is 1. The predicted molar refractivity (Wildman–Crippen MR) is 63.2 cm³/mol. The number of aromatic amines is 1. The van der Waals surface area contributed by atoms with Gasteiger partial charge in [0.15, 0.2) is 0 Å². The maximum atomic E-state index is 5.96. The first-order valence-electron chi connectivity index (χ1n) is 4.71. The van der Waals surface area contributed by atoms with E-state index in [2.05, 4.69) is 11.1 Å². The standard InChI is InChI=1S/C11H10ClNS/c12-7-1-2-8-9-6-14-4-3-10(9)13-11(8)5-7/h1-2,5,13H,3-4,6H2. The van der Waals surface area contributed by atoms with E-state index in [1.807, 2.05) is 23.9 Å². The van der Waals surface area contributed by atoms with E-state index in [9.17, 15) is 0 Å². The molecule has 1 aliphatic heterocycles. The van der Waals surface area contributed by atoms with E-state index in [0.717, 1.165) is 17.2 Å². The molecule has 1 N–H and O–H groups in total. The van der Waals surface area contributed by atoms with Crippen LogP contribution < -0.4 is 0 Å². The van der Waals surface area contributed by atoms with E-state index in [-0.39, 0.29) is 0 Å². The Bertz CT molecular complexity index is 489. The maximum absolute atomic E-state index is 5.96. The molecule has 3 heteroatoms. The van der Waals surface area contributed by atoms with Crippen LogP contribution in [0.25, 0.3) is 10.9 Å². The summed E-state index contributed by atoms with van der Waals surface area (Å²) in [5.74, 6) is 2.37.